The van der Waals surface area contributed by atoms with E-state index in [0.29, 0.717) is 0 Å². The van der Waals surface area contributed by atoms with Crippen LogP contribution in [-0.2, 0) is 6.42 Å². The van der Waals surface area contributed by atoms with Gasteiger partial charge in [-0.3, -0.25) is 4.98 Å². The number of hydrogen-bond donors (Lipinski definition) is 1. The third-order valence-corrected chi connectivity index (χ3v) is 3.55. The van der Waals surface area contributed by atoms with Crippen LogP contribution in [0.2, 0.25) is 0 Å². The molecule has 0 atom stereocenters. The molecule has 0 amide bonds. The Labute approximate surface area is 109 Å². The van der Waals surface area contributed by atoms with Gasteiger partial charge in [0.25, 0.3) is 0 Å². The zero-order valence-corrected chi connectivity index (χ0v) is 10.5. The topological polar surface area (TPSA) is 50.7 Å². The van der Waals surface area contributed by atoms with Gasteiger partial charge in [0.15, 0.2) is 0 Å². The molecule has 0 aliphatic carbocycles. The van der Waals surface area contributed by atoms with Gasteiger partial charge < -0.3 is 5.32 Å². The van der Waals surface area contributed by atoms with Crippen molar-refractivity contribution in [1.82, 2.24) is 15.0 Å². The zero-order chi connectivity index (χ0) is 12.2. The molecule has 90 valence electrons. The van der Waals surface area contributed by atoms with Gasteiger partial charge in [-0.15, -0.1) is 11.3 Å². The molecule has 3 rings (SSSR count). The smallest absolute Gasteiger partial charge is 0.147 e. The number of thiophene rings is 1. The Bertz CT molecular complexity index is 636. The molecule has 0 aliphatic heterocycles. The molecular weight excluding hydrogens is 244 g/mol. The molecule has 0 saturated heterocycles. The van der Waals surface area contributed by atoms with Crippen molar-refractivity contribution in [3.05, 3.63) is 47.9 Å². The number of fused-ring (bicyclic) bond motifs is 1. The summed E-state index contributed by atoms with van der Waals surface area (Å²) in [6.07, 6.45) is 4.30. The van der Waals surface area contributed by atoms with E-state index in [1.165, 1.54) is 0 Å². The normalized spacial score (nSPS) is 10.7. The lowest BCUT2D eigenvalue weighted by atomic mass is 10.3. The standard InChI is InChI=1S/C13H12N4S/c1-2-6-14-10(3-1)4-7-15-13-12-11(5-8-18-12)16-9-17-13/h1-3,5-6,8-9H,4,7H2,(H,15,16,17). The molecule has 0 fully saturated rings. The highest BCUT2D eigenvalue weighted by molar-refractivity contribution is 7.17. The number of nitrogens with zero attached hydrogens (tertiary/aromatic N) is 3. The van der Waals surface area contributed by atoms with E-state index in [1.54, 1.807) is 17.7 Å². The van der Waals surface area contributed by atoms with Gasteiger partial charge in [-0.1, -0.05) is 6.07 Å². The SMILES string of the molecule is c1ccc(CCNc2ncnc3ccsc23)nc1. The van der Waals surface area contributed by atoms with E-state index in [2.05, 4.69) is 20.3 Å². The lowest BCUT2D eigenvalue weighted by molar-refractivity contribution is 0.955. The lowest BCUT2D eigenvalue weighted by Crippen LogP contribution is -2.07. The summed E-state index contributed by atoms with van der Waals surface area (Å²) in [5.74, 6) is 0.908. The predicted molar refractivity (Wildman–Crippen MR) is 73.8 cm³/mol. The number of nitrogens with one attached hydrogen (secondary N) is 1. The fraction of sp³-hybridized carbons (Fsp3) is 0.154. The monoisotopic (exact) mass is 256 g/mol. The molecule has 0 spiro atoms. The van der Waals surface area contributed by atoms with E-state index in [9.17, 15) is 0 Å². The van der Waals surface area contributed by atoms with Gasteiger partial charge in [0.2, 0.25) is 0 Å². The number of rotatable bonds is 4. The summed E-state index contributed by atoms with van der Waals surface area (Å²) < 4.78 is 1.11. The van der Waals surface area contributed by atoms with Crippen LogP contribution in [0.3, 0.4) is 0 Å². The second-order valence-electron chi connectivity index (χ2n) is 3.86. The Balaban J connectivity index is 1.68. The largest absolute Gasteiger partial charge is 0.368 e. The van der Waals surface area contributed by atoms with Crippen LogP contribution < -0.4 is 5.32 Å². The molecule has 0 bridgehead atoms. The zero-order valence-electron chi connectivity index (χ0n) is 9.71. The van der Waals surface area contributed by atoms with Crippen molar-refractivity contribution < 1.29 is 0 Å². The van der Waals surface area contributed by atoms with Crippen LogP contribution in [0.5, 0.6) is 0 Å². The molecule has 0 radical (unpaired) electrons. The van der Waals surface area contributed by atoms with E-state index >= 15 is 0 Å². The highest BCUT2D eigenvalue weighted by Crippen LogP contribution is 2.24. The van der Waals surface area contributed by atoms with Crippen LogP contribution in [0, 0.1) is 0 Å². The van der Waals surface area contributed by atoms with E-state index < -0.39 is 0 Å². The molecule has 0 aliphatic rings. The second-order valence-corrected chi connectivity index (χ2v) is 4.77. The third-order valence-electron chi connectivity index (χ3n) is 2.64. The Morgan fingerprint density at radius 1 is 1.11 bits per heavy atom. The van der Waals surface area contributed by atoms with Gasteiger partial charge in [-0.2, -0.15) is 0 Å². The summed E-state index contributed by atoms with van der Waals surface area (Å²) >= 11 is 1.66. The van der Waals surface area contributed by atoms with Gasteiger partial charge in [0.1, 0.15) is 12.1 Å². The minimum Gasteiger partial charge on any atom is -0.368 e. The number of anilines is 1. The fourth-order valence-electron chi connectivity index (χ4n) is 1.77. The van der Waals surface area contributed by atoms with Gasteiger partial charge >= 0.3 is 0 Å². The first-order chi connectivity index (χ1) is 8.93. The molecule has 0 saturated carbocycles. The van der Waals surface area contributed by atoms with Crippen molar-refractivity contribution in [3.63, 3.8) is 0 Å². The van der Waals surface area contributed by atoms with Gasteiger partial charge in [-0.05, 0) is 23.6 Å². The van der Waals surface area contributed by atoms with Crippen molar-refractivity contribution >= 4 is 27.4 Å². The molecule has 3 aromatic heterocycles. The maximum atomic E-state index is 4.29. The Hall–Kier alpha value is -2.01. The van der Waals surface area contributed by atoms with Crippen molar-refractivity contribution in [3.8, 4) is 0 Å². The van der Waals surface area contributed by atoms with E-state index in [-0.39, 0.29) is 0 Å². The number of pyridine rings is 1. The summed E-state index contributed by atoms with van der Waals surface area (Å²) in [5.41, 5.74) is 2.08. The minimum absolute atomic E-state index is 0.820. The third kappa shape index (κ3) is 2.31. The van der Waals surface area contributed by atoms with Crippen LogP contribution in [0.1, 0.15) is 5.69 Å². The first-order valence-electron chi connectivity index (χ1n) is 5.75. The summed E-state index contributed by atoms with van der Waals surface area (Å²) in [5, 5.41) is 5.37. The Morgan fingerprint density at radius 2 is 2.11 bits per heavy atom. The highest BCUT2D eigenvalue weighted by Gasteiger charge is 2.03. The van der Waals surface area contributed by atoms with E-state index in [4.69, 9.17) is 0 Å². The van der Waals surface area contributed by atoms with E-state index in [0.717, 1.165) is 34.7 Å². The van der Waals surface area contributed by atoms with Crippen LogP contribution in [0.25, 0.3) is 10.2 Å². The second kappa shape index (κ2) is 5.10. The van der Waals surface area contributed by atoms with Crippen LogP contribution in [0.4, 0.5) is 5.82 Å². The minimum atomic E-state index is 0.820. The van der Waals surface area contributed by atoms with Crippen molar-refractivity contribution in [2.24, 2.45) is 0 Å². The predicted octanol–water partition coefficient (Wildman–Crippen LogP) is 2.74. The molecule has 0 aromatic carbocycles. The molecule has 3 heterocycles. The lowest BCUT2D eigenvalue weighted by Gasteiger charge is -2.05. The maximum absolute atomic E-state index is 4.29. The van der Waals surface area contributed by atoms with Gasteiger partial charge in [0, 0.05) is 24.9 Å². The van der Waals surface area contributed by atoms with Crippen molar-refractivity contribution in [2.45, 2.75) is 6.42 Å². The molecule has 18 heavy (non-hydrogen) atoms. The summed E-state index contributed by atoms with van der Waals surface area (Å²) in [4.78, 5) is 12.8. The highest BCUT2D eigenvalue weighted by atomic mass is 32.1. The summed E-state index contributed by atoms with van der Waals surface area (Å²) in [7, 11) is 0. The summed E-state index contributed by atoms with van der Waals surface area (Å²) in [6, 6.07) is 7.97. The molecule has 5 heteroatoms. The van der Waals surface area contributed by atoms with Crippen LogP contribution in [-0.4, -0.2) is 21.5 Å². The van der Waals surface area contributed by atoms with Crippen LogP contribution >= 0.6 is 11.3 Å². The van der Waals surface area contributed by atoms with E-state index in [1.807, 2.05) is 35.8 Å². The summed E-state index contributed by atoms with van der Waals surface area (Å²) in [6.45, 7) is 0.820. The molecule has 4 nitrogen and oxygen atoms in total. The average Bonchev–Trinajstić information content (AvgIpc) is 2.89. The maximum Gasteiger partial charge on any atom is 0.147 e. The van der Waals surface area contributed by atoms with Gasteiger partial charge in [0.05, 0.1) is 10.2 Å². The first kappa shape index (κ1) is 11.1. The van der Waals surface area contributed by atoms with Gasteiger partial charge in [-0.25, -0.2) is 9.97 Å². The molecule has 0 unspecified atom stereocenters. The molecule has 1 N–H and O–H groups in total. The first-order valence-corrected chi connectivity index (χ1v) is 6.63. The van der Waals surface area contributed by atoms with Crippen molar-refractivity contribution in [1.29, 1.82) is 0 Å². The Morgan fingerprint density at radius 3 is 3.00 bits per heavy atom. The average molecular weight is 256 g/mol. The number of hydrogen-bond acceptors (Lipinski definition) is 5. The Kier molecular flexibility index (Phi) is 3.14. The fourth-order valence-corrected chi connectivity index (χ4v) is 2.58. The molecular formula is C13H12N4S. The van der Waals surface area contributed by atoms with Crippen molar-refractivity contribution in [2.75, 3.05) is 11.9 Å². The quantitative estimate of drug-likeness (QED) is 0.779. The van der Waals surface area contributed by atoms with Crippen LogP contribution in [0.15, 0.2) is 42.2 Å². The number of aromatic nitrogens is 3. The molecule has 3 aromatic rings.